The lowest BCUT2D eigenvalue weighted by molar-refractivity contribution is -0.274. The second kappa shape index (κ2) is 3.99. The molecule has 0 atom stereocenters. The van der Waals surface area contributed by atoms with Crippen LogP contribution in [0.4, 0.5) is 13.2 Å². The first-order chi connectivity index (χ1) is 8.94. The molecule has 98 valence electrons. The van der Waals surface area contributed by atoms with E-state index in [1.54, 1.807) is 10.6 Å². The number of alkyl halides is 3. The van der Waals surface area contributed by atoms with Crippen molar-refractivity contribution in [1.29, 1.82) is 0 Å². The number of hydrogen-bond acceptors (Lipinski definition) is 3. The zero-order valence-corrected chi connectivity index (χ0v) is 9.90. The average Bonchev–Trinajstić information content (AvgIpc) is 2.76. The Hall–Kier alpha value is -2.02. The van der Waals surface area contributed by atoms with Crippen LogP contribution in [0.15, 0.2) is 30.6 Å². The Bertz CT molecular complexity index is 769. The molecule has 0 spiro atoms. The SMILES string of the molecule is FC(F)(F)Oc1ccc2c(c1)nc(Cl)c1nccn12. The van der Waals surface area contributed by atoms with Gasteiger partial charge in [-0.25, -0.2) is 9.97 Å². The van der Waals surface area contributed by atoms with Crippen molar-refractivity contribution in [3.8, 4) is 5.75 Å². The monoisotopic (exact) mass is 287 g/mol. The molecule has 0 unspecified atom stereocenters. The van der Waals surface area contributed by atoms with Gasteiger partial charge in [-0.1, -0.05) is 11.6 Å². The lowest BCUT2D eigenvalue weighted by Gasteiger charge is -2.10. The summed E-state index contributed by atoms with van der Waals surface area (Å²) in [5, 5.41) is 0.113. The maximum atomic E-state index is 12.1. The number of rotatable bonds is 1. The molecule has 2 heterocycles. The van der Waals surface area contributed by atoms with Crippen LogP contribution in [0.1, 0.15) is 0 Å². The van der Waals surface area contributed by atoms with Crippen molar-refractivity contribution in [2.45, 2.75) is 6.36 Å². The Labute approximate surface area is 109 Å². The van der Waals surface area contributed by atoms with E-state index in [0.29, 0.717) is 11.2 Å². The van der Waals surface area contributed by atoms with Gasteiger partial charge in [0, 0.05) is 18.5 Å². The lowest BCUT2D eigenvalue weighted by atomic mass is 10.3. The minimum absolute atomic E-state index is 0.113. The predicted molar refractivity (Wildman–Crippen MR) is 62.2 cm³/mol. The van der Waals surface area contributed by atoms with E-state index >= 15 is 0 Å². The second-order valence-corrected chi connectivity index (χ2v) is 4.08. The van der Waals surface area contributed by atoms with Gasteiger partial charge in [0.25, 0.3) is 0 Å². The molecule has 0 saturated carbocycles. The molecule has 1 aromatic carbocycles. The number of benzene rings is 1. The van der Waals surface area contributed by atoms with Gasteiger partial charge in [-0.15, -0.1) is 13.2 Å². The number of hydrogen-bond donors (Lipinski definition) is 0. The topological polar surface area (TPSA) is 39.4 Å². The van der Waals surface area contributed by atoms with E-state index in [1.807, 2.05) is 0 Å². The molecule has 0 aliphatic rings. The van der Waals surface area contributed by atoms with Crippen LogP contribution in [0.5, 0.6) is 5.75 Å². The summed E-state index contributed by atoms with van der Waals surface area (Å²) >= 11 is 5.91. The summed E-state index contributed by atoms with van der Waals surface area (Å²) < 4.78 is 41.9. The summed E-state index contributed by atoms with van der Waals surface area (Å²) in [4.78, 5) is 8.01. The Morgan fingerprint density at radius 2 is 2.05 bits per heavy atom. The van der Waals surface area contributed by atoms with Crippen LogP contribution in [-0.2, 0) is 0 Å². The maximum absolute atomic E-state index is 12.1. The highest BCUT2D eigenvalue weighted by molar-refractivity contribution is 6.32. The van der Waals surface area contributed by atoms with Crippen LogP contribution < -0.4 is 4.74 Å². The van der Waals surface area contributed by atoms with Crippen LogP contribution in [0.2, 0.25) is 5.15 Å². The number of aromatic nitrogens is 3. The highest BCUT2D eigenvalue weighted by Crippen LogP contribution is 2.27. The molecular formula is C11H5ClF3N3O. The number of fused-ring (bicyclic) bond motifs is 3. The largest absolute Gasteiger partial charge is 0.573 e. The third-order valence-corrected chi connectivity index (χ3v) is 2.74. The van der Waals surface area contributed by atoms with E-state index in [-0.39, 0.29) is 16.4 Å². The fraction of sp³-hybridized carbons (Fsp3) is 0.0909. The second-order valence-electron chi connectivity index (χ2n) is 3.72. The summed E-state index contributed by atoms with van der Waals surface area (Å²) in [5.41, 5.74) is 1.32. The van der Waals surface area contributed by atoms with Crippen LogP contribution in [0.3, 0.4) is 0 Å². The van der Waals surface area contributed by atoms with E-state index in [2.05, 4.69) is 14.7 Å². The van der Waals surface area contributed by atoms with E-state index in [1.165, 1.54) is 24.4 Å². The molecule has 0 N–H and O–H groups in total. The maximum Gasteiger partial charge on any atom is 0.573 e. The van der Waals surface area contributed by atoms with Crippen molar-refractivity contribution in [3.63, 3.8) is 0 Å². The van der Waals surface area contributed by atoms with E-state index in [9.17, 15) is 13.2 Å². The Balaban J connectivity index is 2.21. The molecule has 8 heteroatoms. The van der Waals surface area contributed by atoms with Gasteiger partial charge in [0.2, 0.25) is 0 Å². The highest BCUT2D eigenvalue weighted by atomic mass is 35.5. The van der Waals surface area contributed by atoms with Gasteiger partial charge in [0.05, 0.1) is 11.0 Å². The van der Waals surface area contributed by atoms with Crippen LogP contribution >= 0.6 is 11.6 Å². The summed E-state index contributed by atoms with van der Waals surface area (Å²) in [7, 11) is 0. The molecule has 2 aromatic heterocycles. The molecule has 0 aliphatic heterocycles. The van der Waals surface area contributed by atoms with Crippen LogP contribution in [-0.4, -0.2) is 20.7 Å². The third-order valence-electron chi connectivity index (χ3n) is 2.48. The molecule has 19 heavy (non-hydrogen) atoms. The first-order valence-electron chi connectivity index (χ1n) is 5.12. The molecule has 0 amide bonds. The first kappa shape index (κ1) is 12.0. The summed E-state index contributed by atoms with van der Waals surface area (Å²) in [5.74, 6) is -0.344. The molecular weight excluding hydrogens is 283 g/mol. The standard InChI is InChI=1S/C11H5ClF3N3O/c12-9-10-16-3-4-18(10)8-2-1-6(5-7(8)17-9)19-11(13,14)15/h1-5H. The minimum atomic E-state index is -4.74. The fourth-order valence-electron chi connectivity index (χ4n) is 1.80. The van der Waals surface area contributed by atoms with Gasteiger partial charge < -0.3 is 4.74 Å². The first-order valence-corrected chi connectivity index (χ1v) is 5.50. The number of ether oxygens (including phenoxy) is 1. The molecule has 3 rings (SSSR count). The minimum Gasteiger partial charge on any atom is -0.406 e. The lowest BCUT2D eigenvalue weighted by Crippen LogP contribution is -2.17. The number of halogens is 4. The van der Waals surface area contributed by atoms with Crippen molar-refractivity contribution in [1.82, 2.24) is 14.4 Å². The molecule has 4 nitrogen and oxygen atoms in total. The fourth-order valence-corrected chi connectivity index (χ4v) is 2.03. The van der Waals surface area contributed by atoms with Gasteiger partial charge in [-0.05, 0) is 12.1 Å². The number of imidazole rings is 1. The van der Waals surface area contributed by atoms with Gasteiger partial charge >= 0.3 is 6.36 Å². The van der Waals surface area contributed by atoms with Crippen molar-refractivity contribution in [2.24, 2.45) is 0 Å². The zero-order chi connectivity index (χ0) is 13.6. The van der Waals surface area contributed by atoms with Gasteiger partial charge in [0.1, 0.15) is 5.75 Å². The van der Waals surface area contributed by atoms with Gasteiger partial charge in [0.15, 0.2) is 10.8 Å². The van der Waals surface area contributed by atoms with Crippen LogP contribution in [0.25, 0.3) is 16.7 Å². The molecule has 0 aliphatic carbocycles. The Morgan fingerprint density at radius 3 is 2.79 bits per heavy atom. The molecule has 3 aromatic rings. The predicted octanol–water partition coefficient (Wildman–Crippen LogP) is 3.43. The van der Waals surface area contributed by atoms with Gasteiger partial charge in [-0.3, -0.25) is 4.40 Å². The smallest absolute Gasteiger partial charge is 0.406 e. The van der Waals surface area contributed by atoms with Crippen molar-refractivity contribution < 1.29 is 17.9 Å². The average molecular weight is 288 g/mol. The summed E-state index contributed by atoms with van der Waals surface area (Å²) in [6.07, 6.45) is -1.56. The van der Waals surface area contributed by atoms with Crippen molar-refractivity contribution in [2.75, 3.05) is 0 Å². The Morgan fingerprint density at radius 1 is 1.26 bits per heavy atom. The van der Waals surface area contributed by atoms with Gasteiger partial charge in [-0.2, -0.15) is 0 Å². The molecule has 0 saturated heterocycles. The van der Waals surface area contributed by atoms with Crippen molar-refractivity contribution in [3.05, 3.63) is 35.7 Å². The van der Waals surface area contributed by atoms with E-state index in [0.717, 1.165) is 0 Å². The number of nitrogens with zero attached hydrogens (tertiary/aromatic N) is 3. The van der Waals surface area contributed by atoms with E-state index in [4.69, 9.17) is 11.6 Å². The normalized spacial score (nSPS) is 12.2. The molecule has 0 radical (unpaired) electrons. The summed E-state index contributed by atoms with van der Waals surface area (Å²) in [6, 6.07) is 3.85. The summed E-state index contributed by atoms with van der Waals surface area (Å²) in [6.45, 7) is 0. The molecule has 0 fully saturated rings. The highest BCUT2D eigenvalue weighted by Gasteiger charge is 2.31. The van der Waals surface area contributed by atoms with E-state index < -0.39 is 6.36 Å². The van der Waals surface area contributed by atoms with Crippen molar-refractivity contribution >= 4 is 28.3 Å². The van der Waals surface area contributed by atoms with Crippen LogP contribution in [0, 0.1) is 0 Å². The quantitative estimate of drug-likeness (QED) is 0.688. The zero-order valence-electron chi connectivity index (χ0n) is 9.15. The Kier molecular flexibility index (Phi) is 2.53. The third kappa shape index (κ3) is 2.17. The molecule has 0 bridgehead atoms.